The minimum Gasteiger partial charge on any atom is -0.399 e. The number of rotatable bonds is 1. The minimum atomic E-state index is 0.311. The predicted molar refractivity (Wildman–Crippen MR) is 61.9 cm³/mol. The molecule has 0 unspecified atom stereocenters. The second kappa shape index (κ2) is 4.04. The van der Waals surface area contributed by atoms with Crippen molar-refractivity contribution >= 4 is 28.9 Å². The van der Waals surface area contributed by atoms with E-state index in [-0.39, 0.29) is 0 Å². The summed E-state index contributed by atoms with van der Waals surface area (Å²) in [6.07, 6.45) is 0. The van der Waals surface area contributed by atoms with Crippen LogP contribution >= 0.6 is 23.2 Å². The summed E-state index contributed by atoms with van der Waals surface area (Å²) in [6, 6.07) is 8.96. The molecule has 76 valence electrons. The Labute approximate surface area is 96.8 Å². The molecule has 0 saturated heterocycles. The second-order valence-electron chi connectivity index (χ2n) is 2.99. The summed E-state index contributed by atoms with van der Waals surface area (Å²) in [6.45, 7) is 0. The lowest BCUT2D eigenvalue weighted by Crippen LogP contribution is -1.89. The van der Waals surface area contributed by atoms with E-state index >= 15 is 0 Å². The summed E-state index contributed by atoms with van der Waals surface area (Å²) in [5.41, 5.74) is 7.94. The zero-order chi connectivity index (χ0) is 10.8. The van der Waals surface area contributed by atoms with E-state index in [0.717, 1.165) is 11.1 Å². The van der Waals surface area contributed by atoms with Crippen molar-refractivity contribution in [2.75, 3.05) is 5.73 Å². The van der Waals surface area contributed by atoms with E-state index in [2.05, 4.69) is 10.2 Å². The maximum Gasteiger partial charge on any atom is 0.159 e. The summed E-state index contributed by atoms with van der Waals surface area (Å²) in [5.74, 6) is 0. The molecule has 0 aliphatic rings. The van der Waals surface area contributed by atoms with Crippen molar-refractivity contribution in [2.45, 2.75) is 0 Å². The molecule has 1 aromatic carbocycles. The van der Waals surface area contributed by atoms with E-state index in [1.165, 1.54) is 0 Å². The van der Waals surface area contributed by atoms with Gasteiger partial charge in [0.25, 0.3) is 0 Å². The van der Waals surface area contributed by atoms with Gasteiger partial charge >= 0.3 is 0 Å². The zero-order valence-corrected chi connectivity index (χ0v) is 9.13. The highest BCUT2D eigenvalue weighted by atomic mass is 35.5. The number of nitrogens with zero attached hydrogens (tertiary/aromatic N) is 2. The van der Waals surface area contributed by atoms with Gasteiger partial charge in [-0.15, -0.1) is 10.2 Å². The quantitative estimate of drug-likeness (QED) is 0.779. The summed E-state index contributed by atoms with van der Waals surface area (Å²) >= 11 is 11.6. The van der Waals surface area contributed by atoms with Gasteiger partial charge in [0.1, 0.15) is 0 Å². The van der Waals surface area contributed by atoms with Crippen LogP contribution in [0.1, 0.15) is 0 Å². The molecule has 1 aromatic heterocycles. The normalized spacial score (nSPS) is 10.3. The standard InChI is InChI=1S/C10H7Cl2N3/c11-9-5-8(10(12)15-14-9)6-1-3-7(13)4-2-6/h1-5H,13H2. The van der Waals surface area contributed by atoms with E-state index in [4.69, 9.17) is 28.9 Å². The largest absolute Gasteiger partial charge is 0.399 e. The first-order chi connectivity index (χ1) is 7.16. The molecule has 2 rings (SSSR count). The van der Waals surface area contributed by atoms with Crippen LogP contribution in [0.4, 0.5) is 5.69 Å². The molecular formula is C10H7Cl2N3. The summed E-state index contributed by atoms with van der Waals surface area (Å²) < 4.78 is 0. The summed E-state index contributed by atoms with van der Waals surface area (Å²) in [7, 11) is 0. The van der Waals surface area contributed by atoms with Gasteiger partial charge in [0.15, 0.2) is 10.3 Å². The smallest absolute Gasteiger partial charge is 0.159 e. The number of benzene rings is 1. The molecule has 0 saturated carbocycles. The fourth-order valence-corrected chi connectivity index (χ4v) is 1.57. The van der Waals surface area contributed by atoms with Gasteiger partial charge in [-0.1, -0.05) is 35.3 Å². The highest BCUT2D eigenvalue weighted by Gasteiger charge is 2.06. The van der Waals surface area contributed by atoms with Crippen LogP contribution in [0.2, 0.25) is 10.3 Å². The Balaban J connectivity index is 2.53. The Morgan fingerprint density at radius 3 is 2.33 bits per heavy atom. The van der Waals surface area contributed by atoms with Gasteiger partial charge in [-0.05, 0) is 23.8 Å². The molecule has 0 spiro atoms. The van der Waals surface area contributed by atoms with Gasteiger partial charge in [-0.25, -0.2) is 0 Å². The number of halogens is 2. The molecule has 0 fully saturated rings. The molecular weight excluding hydrogens is 233 g/mol. The third-order valence-corrected chi connectivity index (χ3v) is 2.40. The maximum absolute atomic E-state index is 5.91. The molecule has 2 aromatic rings. The second-order valence-corrected chi connectivity index (χ2v) is 3.74. The van der Waals surface area contributed by atoms with Gasteiger partial charge in [0, 0.05) is 11.3 Å². The monoisotopic (exact) mass is 239 g/mol. The first kappa shape index (κ1) is 10.2. The van der Waals surface area contributed by atoms with Crippen molar-refractivity contribution in [1.29, 1.82) is 0 Å². The Bertz CT molecular complexity index is 483. The van der Waals surface area contributed by atoms with Crippen molar-refractivity contribution in [3.8, 4) is 11.1 Å². The molecule has 0 radical (unpaired) electrons. The van der Waals surface area contributed by atoms with E-state index in [1.54, 1.807) is 18.2 Å². The van der Waals surface area contributed by atoms with Gasteiger partial charge in [-0.3, -0.25) is 0 Å². The number of aromatic nitrogens is 2. The van der Waals surface area contributed by atoms with Gasteiger partial charge in [-0.2, -0.15) is 0 Å². The van der Waals surface area contributed by atoms with Crippen LogP contribution in [-0.4, -0.2) is 10.2 Å². The number of hydrogen-bond donors (Lipinski definition) is 1. The lowest BCUT2D eigenvalue weighted by Gasteiger charge is -2.03. The third-order valence-electron chi connectivity index (χ3n) is 1.94. The molecule has 5 heteroatoms. The number of hydrogen-bond acceptors (Lipinski definition) is 3. The van der Waals surface area contributed by atoms with E-state index in [1.807, 2.05) is 12.1 Å². The molecule has 0 aliphatic carbocycles. The molecule has 1 heterocycles. The van der Waals surface area contributed by atoms with Crippen LogP contribution in [0.25, 0.3) is 11.1 Å². The molecule has 2 N–H and O–H groups in total. The Morgan fingerprint density at radius 1 is 1.00 bits per heavy atom. The van der Waals surface area contributed by atoms with Crippen LogP contribution in [0, 0.1) is 0 Å². The maximum atomic E-state index is 5.91. The Morgan fingerprint density at radius 2 is 1.67 bits per heavy atom. The molecule has 0 atom stereocenters. The van der Waals surface area contributed by atoms with Crippen molar-refractivity contribution in [3.63, 3.8) is 0 Å². The minimum absolute atomic E-state index is 0.311. The molecule has 0 amide bonds. The Hall–Kier alpha value is -1.32. The SMILES string of the molecule is Nc1ccc(-c2cc(Cl)nnc2Cl)cc1. The van der Waals surface area contributed by atoms with Crippen LogP contribution in [0.5, 0.6) is 0 Å². The summed E-state index contributed by atoms with van der Waals surface area (Å²) in [5, 5.41) is 8.01. The lowest BCUT2D eigenvalue weighted by atomic mass is 10.1. The van der Waals surface area contributed by atoms with E-state index in [9.17, 15) is 0 Å². The average molecular weight is 240 g/mol. The highest BCUT2D eigenvalue weighted by molar-refractivity contribution is 6.33. The van der Waals surface area contributed by atoms with Crippen molar-refractivity contribution in [1.82, 2.24) is 10.2 Å². The topological polar surface area (TPSA) is 51.8 Å². The lowest BCUT2D eigenvalue weighted by molar-refractivity contribution is 1.03. The summed E-state index contributed by atoms with van der Waals surface area (Å²) in [4.78, 5) is 0. The fourth-order valence-electron chi connectivity index (χ4n) is 1.22. The van der Waals surface area contributed by atoms with Crippen LogP contribution in [0.3, 0.4) is 0 Å². The molecule has 0 bridgehead atoms. The number of nitrogen functional groups attached to an aromatic ring is 1. The zero-order valence-electron chi connectivity index (χ0n) is 7.61. The fraction of sp³-hybridized carbons (Fsp3) is 0. The number of nitrogens with two attached hydrogens (primary N) is 1. The molecule has 0 aliphatic heterocycles. The van der Waals surface area contributed by atoms with Crippen molar-refractivity contribution in [2.24, 2.45) is 0 Å². The first-order valence-electron chi connectivity index (χ1n) is 4.21. The molecule has 15 heavy (non-hydrogen) atoms. The Kier molecular flexibility index (Phi) is 2.75. The van der Waals surface area contributed by atoms with Crippen LogP contribution < -0.4 is 5.73 Å². The average Bonchev–Trinajstić information content (AvgIpc) is 2.23. The number of anilines is 1. The van der Waals surface area contributed by atoms with Crippen molar-refractivity contribution in [3.05, 3.63) is 40.6 Å². The van der Waals surface area contributed by atoms with E-state index < -0.39 is 0 Å². The van der Waals surface area contributed by atoms with Gasteiger partial charge in [0.05, 0.1) is 0 Å². The predicted octanol–water partition coefficient (Wildman–Crippen LogP) is 3.03. The first-order valence-corrected chi connectivity index (χ1v) is 4.97. The van der Waals surface area contributed by atoms with Gasteiger partial charge < -0.3 is 5.73 Å². The highest BCUT2D eigenvalue weighted by Crippen LogP contribution is 2.27. The van der Waals surface area contributed by atoms with Crippen LogP contribution in [0.15, 0.2) is 30.3 Å². The van der Waals surface area contributed by atoms with Crippen molar-refractivity contribution < 1.29 is 0 Å². The van der Waals surface area contributed by atoms with E-state index in [0.29, 0.717) is 16.0 Å². The molecule has 3 nitrogen and oxygen atoms in total. The van der Waals surface area contributed by atoms with Crippen LogP contribution in [-0.2, 0) is 0 Å². The van der Waals surface area contributed by atoms with Gasteiger partial charge in [0.2, 0.25) is 0 Å². The third kappa shape index (κ3) is 2.19.